The Morgan fingerprint density at radius 1 is 0.825 bits per heavy atom. The molecular weight excluding hydrogens is 505 g/mol. The Kier molecular flexibility index (Phi) is 10.2. The van der Waals surface area contributed by atoms with Gasteiger partial charge in [-0.05, 0) is 77.8 Å². The minimum absolute atomic E-state index is 0.0272. The summed E-state index contributed by atoms with van der Waals surface area (Å²) in [7, 11) is 1.51. The highest BCUT2D eigenvalue weighted by Gasteiger charge is 2.11. The van der Waals surface area contributed by atoms with Gasteiger partial charge in [0, 0.05) is 25.6 Å². The smallest absolute Gasteiger partial charge is 0.216 e. The molecule has 40 heavy (non-hydrogen) atoms. The molecular formula is C34H36FNO4. The number of hydrogen-bond donors (Lipinski definition) is 1. The third-order valence-electron chi connectivity index (χ3n) is 6.77. The largest absolute Gasteiger partial charge is 0.497 e. The maximum Gasteiger partial charge on any atom is 0.216 e. The van der Waals surface area contributed by atoms with Gasteiger partial charge in [-0.25, -0.2) is 4.39 Å². The minimum Gasteiger partial charge on any atom is -0.497 e. The molecule has 0 atom stereocenters. The highest BCUT2D eigenvalue weighted by molar-refractivity contribution is 5.72. The van der Waals surface area contributed by atoms with Crippen LogP contribution in [0.1, 0.15) is 42.0 Å². The van der Waals surface area contributed by atoms with Gasteiger partial charge in [0.05, 0.1) is 7.11 Å². The normalized spacial score (nSPS) is 10.7. The monoisotopic (exact) mass is 541 g/mol. The summed E-state index contributed by atoms with van der Waals surface area (Å²) in [6.07, 6.45) is 2.52. The second kappa shape index (κ2) is 14.2. The molecule has 0 aromatic heterocycles. The van der Waals surface area contributed by atoms with Gasteiger partial charge in [0.25, 0.3) is 0 Å². The zero-order chi connectivity index (χ0) is 28.3. The van der Waals surface area contributed by atoms with E-state index in [-0.39, 0.29) is 18.3 Å². The highest BCUT2D eigenvalue weighted by Crippen LogP contribution is 2.30. The summed E-state index contributed by atoms with van der Waals surface area (Å²) < 4.78 is 31.6. The molecule has 0 aliphatic heterocycles. The summed E-state index contributed by atoms with van der Waals surface area (Å²) >= 11 is 0. The van der Waals surface area contributed by atoms with Crippen LogP contribution in [0.15, 0.2) is 84.9 Å². The number of aryl methyl sites for hydroxylation is 1. The Morgan fingerprint density at radius 2 is 1.65 bits per heavy atom. The van der Waals surface area contributed by atoms with Crippen molar-refractivity contribution in [2.24, 2.45) is 0 Å². The number of ether oxygens (including phenoxy) is 3. The maximum atomic E-state index is 14.0. The number of carbonyl (C=O) groups excluding carboxylic acids is 1. The minimum atomic E-state index is -0.374. The van der Waals surface area contributed by atoms with E-state index in [0.717, 1.165) is 30.4 Å². The number of amides is 1. The quantitative estimate of drug-likeness (QED) is 0.179. The number of rotatable bonds is 13. The first kappa shape index (κ1) is 28.7. The van der Waals surface area contributed by atoms with Gasteiger partial charge < -0.3 is 19.5 Å². The average molecular weight is 542 g/mol. The molecule has 0 aliphatic carbocycles. The van der Waals surface area contributed by atoms with Crippen LogP contribution in [0.3, 0.4) is 0 Å². The van der Waals surface area contributed by atoms with E-state index < -0.39 is 0 Å². The molecule has 1 amide bonds. The van der Waals surface area contributed by atoms with Crippen molar-refractivity contribution in [1.82, 2.24) is 5.32 Å². The summed E-state index contributed by atoms with van der Waals surface area (Å²) in [5.74, 6) is 1.43. The summed E-state index contributed by atoms with van der Waals surface area (Å²) in [6.45, 7) is 4.88. The van der Waals surface area contributed by atoms with E-state index in [1.54, 1.807) is 6.07 Å². The fourth-order valence-electron chi connectivity index (χ4n) is 4.58. The van der Waals surface area contributed by atoms with Crippen molar-refractivity contribution in [3.05, 3.63) is 113 Å². The third-order valence-corrected chi connectivity index (χ3v) is 6.77. The Hall–Kier alpha value is -4.32. The Labute approximate surface area is 235 Å². The van der Waals surface area contributed by atoms with E-state index in [9.17, 15) is 9.18 Å². The van der Waals surface area contributed by atoms with Crippen LogP contribution < -0.4 is 19.5 Å². The maximum absolute atomic E-state index is 14.0. The lowest BCUT2D eigenvalue weighted by molar-refractivity contribution is -0.118. The molecule has 0 fully saturated rings. The molecule has 208 valence electrons. The second-order valence-corrected chi connectivity index (χ2v) is 9.74. The number of unbranched alkanes of at least 4 members (excludes halogenated alkanes) is 1. The van der Waals surface area contributed by atoms with E-state index in [4.69, 9.17) is 14.2 Å². The van der Waals surface area contributed by atoms with E-state index in [0.29, 0.717) is 36.0 Å². The van der Waals surface area contributed by atoms with Crippen molar-refractivity contribution < 1.29 is 23.4 Å². The topological polar surface area (TPSA) is 56.8 Å². The summed E-state index contributed by atoms with van der Waals surface area (Å²) in [5.41, 5.74) is 6.35. The van der Waals surface area contributed by atoms with Crippen molar-refractivity contribution in [1.29, 1.82) is 0 Å². The van der Waals surface area contributed by atoms with Crippen molar-refractivity contribution in [2.75, 3.05) is 13.7 Å². The molecule has 0 heterocycles. The van der Waals surface area contributed by atoms with Crippen molar-refractivity contribution in [3.8, 4) is 28.4 Å². The van der Waals surface area contributed by atoms with Gasteiger partial charge in [0.15, 0.2) is 0 Å². The van der Waals surface area contributed by atoms with Gasteiger partial charge in [-0.15, -0.1) is 0 Å². The number of benzene rings is 4. The molecule has 0 aliphatic rings. The second-order valence-electron chi connectivity index (χ2n) is 9.74. The molecule has 0 saturated heterocycles. The van der Waals surface area contributed by atoms with Gasteiger partial charge in [-0.2, -0.15) is 0 Å². The van der Waals surface area contributed by atoms with E-state index in [2.05, 4.69) is 42.6 Å². The van der Waals surface area contributed by atoms with Crippen LogP contribution in [0.25, 0.3) is 11.1 Å². The summed E-state index contributed by atoms with van der Waals surface area (Å²) in [4.78, 5) is 11.2. The van der Waals surface area contributed by atoms with Crippen LogP contribution in [0.4, 0.5) is 4.39 Å². The number of carbonyl (C=O) groups is 1. The number of nitrogens with one attached hydrogen (secondary N) is 1. The van der Waals surface area contributed by atoms with Crippen LogP contribution in [0.5, 0.6) is 17.2 Å². The highest BCUT2D eigenvalue weighted by atomic mass is 19.1. The lowest BCUT2D eigenvalue weighted by Crippen LogP contribution is -2.20. The van der Waals surface area contributed by atoms with Crippen molar-refractivity contribution >= 4 is 5.91 Å². The first-order valence-corrected chi connectivity index (χ1v) is 13.5. The van der Waals surface area contributed by atoms with E-state index in [1.165, 1.54) is 42.9 Å². The molecule has 1 N–H and O–H groups in total. The first-order valence-electron chi connectivity index (χ1n) is 13.5. The fraction of sp³-hybridized carbons (Fsp3) is 0.265. The predicted octanol–water partition coefficient (Wildman–Crippen LogP) is 7.43. The molecule has 0 radical (unpaired) electrons. The molecule has 0 bridgehead atoms. The van der Waals surface area contributed by atoms with E-state index >= 15 is 0 Å². The molecule has 4 aromatic carbocycles. The molecule has 4 rings (SSSR count). The van der Waals surface area contributed by atoms with Gasteiger partial charge in [0.2, 0.25) is 5.91 Å². The third kappa shape index (κ3) is 8.09. The number of methoxy groups -OCH3 is 1. The van der Waals surface area contributed by atoms with Crippen LogP contribution in [0, 0.1) is 12.7 Å². The average Bonchev–Trinajstić information content (AvgIpc) is 2.96. The molecule has 6 heteroatoms. The molecule has 0 spiro atoms. The molecule has 0 saturated carbocycles. The predicted molar refractivity (Wildman–Crippen MR) is 156 cm³/mol. The number of hydrogen-bond acceptors (Lipinski definition) is 4. The first-order chi connectivity index (χ1) is 19.4. The van der Waals surface area contributed by atoms with Crippen LogP contribution in [0.2, 0.25) is 0 Å². The summed E-state index contributed by atoms with van der Waals surface area (Å²) in [6, 6.07) is 27.0. The lowest BCUT2D eigenvalue weighted by Gasteiger charge is -2.16. The molecule has 4 aromatic rings. The van der Waals surface area contributed by atoms with Gasteiger partial charge in [-0.3, -0.25) is 4.79 Å². The van der Waals surface area contributed by atoms with Crippen LogP contribution in [-0.2, 0) is 24.4 Å². The SMILES string of the molecule is COc1cc(F)cc(COc2cc(OCc3cccc(-c4ccccc4)c3C)ccc2CCCCNC(C)=O)c1. The lowest BCUT2D eigenvalue weighted by atomic mass is 9.97. The Bertz CT molecular complexity index is 1420. The van der Waals surface area contributed by atoms with Gasteiger partial charge >= 0.3 is 0 Å². The van der Waals surface area contributed by atoms with Crippen molar-refractivity contribution in [2.45, 2.75) is 46.3 Å². The zero-order valence-electron chi connectivity index (χ0n) is 23.3. The Morgan fingerprint density at radius 3 is 2.42 bits per heavy atom. The fourth-order valence-corrected chi connectivity index (χ4v) is 4.58. The van der Waals surface area contributed by atoms with Crippen molar-refractivity contribution in [3.63, 3.8) is 0 Å². The molecule has 5 nitrogen and oxygen atoms in total. The van der Waals surface area contributed by atoms with Crippen LogP contribution >= 0.6 is 0 Å². The standard InChI is InChI=1S/C34H36FNO4/c1-24-29(13-9-14-33(24)27-10-5-4-6-11-27)23-39-31-16-15-28(12-7-8-17-36-25(2)37)34(21-31)40-22-26-18-30(35)20-32(19-26)38-3/h4-6,9-11,13-16,18-21H,7-8,12,17,22-23H2,1-3H3,(H,36,37). The number of halogens is 1. The summed E-state index contributed by atoms with van der Waals surface area (Å²) in [5, 5.41) is 2.83. The van der Waals surface area contributed by atoms with Gasteiger partial charge in [0.1, 0.15) is 36.3 Å². The van der Waals surface area contributed by atoms with E-state index in [1.807, 2.05) is 36.4 Å². The Balaban J connectivity index is 1.49. The van der Waals surface area contributed by atoms with Crippen LogP contribution in [-0.4, -0.2) is 19.6 Å². The zero-order valence-corrected chi connectivity index (χ0v) is 23.3. The van der Waals surface area contributed by atoms with Gasteiger partial charge in [-0.1, -0.05) is 54.6 Å². The molecule has 0 unspecified atom stereocenters.